The molecule has 3 rings (SSSR count). The first kappa shape index (κ1) is 14.6. The van der Waals surface area contributed by atoms with E-state index in [9.17, 15) is 4.79 Å². The van der Waals surface area contributed by atoms with Crippen molar-refractivity contribution in [3.8, 4) is 11.4 Å². The van der Waals surface area contributed by atoms with Crippen LogP contribution in [0.2, 0.25) is 0 Å². The molecule has 1 heterocycles. The van der Waals surface area contributed by atoms with Gasteiger partial charge in [-0.15, -0.1) is 0 Å². The number of aromatic nitrogens is 2. The number of nitrogens with zero attached hydrogens (tertiary/aromatic N) is 1. The Morgan fingerprint density at radius 2 is 2.09 bits per heavy atom. The maximum atomic E-state index is 12.1. The standard InChI is InChI=1S/C18H21N3O/c22-18(21-11-10-14-4-2-1-3-5-14)16-8-6-15(7-9-16)17-19-12-13-20-17/h4,6-9,12-13H,1-3,5,10-11H2,(H,19,20)(H,21,22). The lowest BCUT2D eigenvalue weighted by Gasteiger charge is -2.13. The number of aromatic amines is 1. The average Bonchev–Trinajstić information content (AvgIpc) is 3.10. The molecule has 4 heteroatoms. The number of allylic oxidation sites excluding steroid dienone is 1. The smallest absolute Gasteiger partial charge is 0.251 e. The molecule has 4 nitrogen and oxygen atoms in total. The molecule has 114 valence electrons. The molecule has 0 aliphatic heterocycles. The van der Waals surface area contributed by atoms with Gasteiger partial charge in [-0.25, -0.2) is 4.98 Å². The van der Waals surface area contributed by atoms with E-state index in [1.54, 1.807) is 12.4 Å². The van der Waals surface area contributed by atoms with Crippen LogP contribution in [0.5, 0.6) is 0 Å². The summed E-state index contributed by atoms with van der Waals surface area (Å²) in [5, 5.41) is 3.00. The zero-order valence-corrected chi connectivity index (χ0v) is 12.6. The van der Waals surface area contributed by atoms with E-state index in [0.29, 0.717) is 12.1 Å². The number of hydrogen-bond donors (Lipinski definition) is 2. The van der Waals surface area contributed by atoms with Crippen molar-refractivity contribution in [2.75, 3.05) is 6.54 Å². The zero-order chi connectivity index (χ0) is 15.2. The van der Waals surface area contributed by atoms with Gasteiger partial charge in [0, 0.05) is 30.1 Å². The van der Waals surface area contributed by atoms with E-state index in [1.165, 1.54) is 31.3 Å². The van der Waals surface area contributed by atoms with Crippen LogP contribution >= 0.6 is 0 Å². The molecule has 0 saturated carbocycles. The summed E-state index contributed by atoms with van der Waals surface area (Å²) in [4.78, 5) is 19.4. The summed E-state index contributed by atoms with van der Waals surface area (Å²) in [6, 6.07) is 7.51. The van der Waals surface area contributed by atoms with Gasteiger partial charge in [-0.3, -0.25) is 4.79 Å². The number of nitrogens with one attached hydrogen (secondary N) is 2. The Bertz CT molecular complexity index is 641. The van der Waals surface area contributed by atoms with Crippen molar-refractivity contribution in [2.45, 2.75) is 32.1 Å². The number of imidazole rings is 1. The van der Waals surface area contributed by atoms with Gasteiger partial charge in [0.25, 0.3) is 5.91 Å². The van der Waals surface area contributed by atoms with Crippen LogP contribution in [0.1, 0.15) is 42.5 Å². The number of carbonyl (C=O) groups is 1. The van der Waals surface area contributed by atoms with Gasteiger partial charge in [0.1, 0.15) is 5.82 Å². The first-order valence-electron chi connectivity index (χ1n) is 7.89. The normalized spacial score (nSPS) is 14.5. The van der Waals surface area contributed by atoms with Crippen LogP contribution in [-0.2, 0) is 0 Å². The molecule has 1 aliphatic carbocycles. The van der Waals surface area contributed by atoms with Crippen molar-refractivity contribution in [1.82, 2.24) is 15.3 Å². The minimum absolute atomic E-state index is 0.0117. The molecular formula is C18H21N3O. The molecule has 0 atom stereocenters. The summed E-state index contributed by atoms with van der Waals surface area (Å²) in [5.74, 6) is 0.804. The van der Waals surface area contributed by atoms with Gasteiger partial charge in [0.05, 0.1) is 0 Å². The topological polar surface area (TPSA) is 57.8 Å². The highest BCUT2D eigenvalue weighted by Gasteiger charge is 2.08. The number of carbonyl (C=O) groups excluding carboxylic acids is 1. The quantitative estimate of drug-likeness (QED) is 0.826. The van der Waals surface area contributed by atoms with Gasteiger partial charge < -0.3 is 10.3 Å². The Balaban J connectivity index is 1.52. The van der Waals surface area contributed by atoms with Crippen LogP contribution in [-0.4, -0.2) is 22.4 Å². The van der Waals surface area contributed by atoms with E-state index >= 15 is 0 Å². The molecule has 0 fully saturated rings. The molecule has 1 aromatic carbocycles. The highest BCUT2D eigenvalue weighted by Crippen LogP contribution is 2.19. The van der Waals surface area contributed by atoms with Crippen molar-refractivity contribution in [1.29, 1.82) is 0 Å². The van der Waals surface area contributed by atoms with Crippen LogP contribution in [0, 0.1) is 0 Å². The largest absolute Gasteiger partial charge is 0.352 e. The molecule has 0 radical (unpaired) electrons. The molecule has 0 spiro atoms. The van der Waals surface area contributed by atoms with Gasteiger partial charge in [0.15, 0.2) is 0 Å². The van der Waals surface area contributed by atoms with Crippen molar-refractivity contribution in [2.24, 2.45) is 0 Å². The highest BCUT2D eigenvalue weighted by molar-refractivity contribution is 5.94. The van der Waals surface area contributed by atoms with Crippen LogP contribution < -0.4 is 5.32 Å². The van der Waals surface area contributed by atoms with Crippen LogP contribution in [0.4, 0.5) is 0 Å². The lowest BCUT2D eigenvalue weighted by molar-refractivity contribution is 0.0954. The van der Waals surface area contributed by atoms with Crippen LogP contribution in [0.15, 0.2) is 48.3 Å². The fraction of sp³-hybridized carbons (Fsp3) is 0.333. The summed E-state index contributed by atoms with van der Waals surface area (Å²) in [6.45, 7) is 0.713. The number of H-pyrrole nitrogens is 1. The Hall–Kier alpha value is -2.36. The second-order valence-corrected chi connectivity index (χ2v) is 5.63. The molecule has 2 N–H and O–H groups in total. The van der Waals surface area contributed by atoms with Crippen LogP contribution in [0.25, 0.3) is 11.4 Å². The van der Waals surface area contributed by atoms with E-state index in [-0.39, 0.29) is 5.91 Å². The van der Waals surface area contributed by atoms with Crippen molar-refractivity contribution in [3.63, 3.8) is 0 Å². The van der Waals surface area contributed by atoms with E-state index in [0.717, 1.165) is 17.8 Å². The second-order valence-electron chi connectivity index (χ2n) is 5.63. The van der Waals surface area contributed by atoms with E-state index in [2.05, 4.69) is 21.4 Å². The third-order valence-corrected chi connectivity index (χ3v) is 4.04. The van der Waals surface area contributed by atoms with Crippen LogP contribution in [0.3, 0.4) is 0 Å². The number of amides is 1. The van der Waals surface area contributed by atoms with E-state index in [4.69, 9.17) is 0 Å². The third kappa shape index (κ3) is 3.64. The van der Waals surface area contributed by atoms with Crippen molar-refractivity contribution in [3.05, 3.63) is 53.9 Å². The Labute approximate surface area is 130 Å². The zero-order valence-electron chi connectivity index (χ0n) is 12.6. The van der Waals surface area contributed by atoms with Gasteiger partial charge >= 0.3 is 0 Å². The lowest BCUT2D eigenvalue weighted by Crippen LogP contribution is -2.24. The SMILES string of the molecule is O=C(NCCC1=CCCCC1)c1ccc(-c2ncc[nH]2)cc1. The van der Waals surface area contributed by atoms with E-state index in [1.807, 2.05) is 24.3 Å². The van der Waals surface area contributed by atoms with Crippen molar-refractivity contribution < 1.29 is 4.79 Å². The number of benzene rings is 1. The lowest BCUT2D eigenvalue weighted by atomic mass is 9.97. The molecule has 2 aromatic rings. The maximum Gasteiger partial charge on any atom is 0.251 e. The summed E-state index contributed by atoms with van der Waals surface area (Å²) in [5.41, 5.74) is 3.15. The Kier molecular flexibility index (Phi) is 4.68. The first-order chi connectivity index (χ1) is 10.8. The fourth-order valence-electron chi connectivity index (χ4n) is 2.77. The van der Waals surface area contributed by atoms with Gasteiger partial charge in [0.2, 0.25) is 0 Å². The predicted octanol–water partition coefficient (Wildman–Crippen LogP) is 3.70. The second kappa shape index (κ2) is 7.07. The summed E-state index contributed by atoms with van der Waals surface area (Å²) >= 11 is 0. The predicted molar refractivity (Wildman–Crippen MR) is 87.5 cm³/mol. The minimum atomic E-state index is -0.0117. The van der Waals surface area contributed by atoms with E-state index < -0.39 is 0 Å². The Morgan fingerprint density at radius 3 is 2.77 bits per heavy atom. The molecule has 1 aliphatic rings. The fourth-order valence-corrected chi connectivity index (χ4v) is 2.77. The molecule has 22 heavy (non-hydrogen) atoms. The van der Waals surface area contributed by atoms with Gasteiger partial charge in [-0.05, 0) is 44.2 Å². The average molecular weight is 295 g/mol. The van der Waals surface area contributed by atoms with Gasteiger partial charge in [-0.1, -0.05) is 23.8 Å². The Morgan fingerprint density at radius 1 is 1.23 bits per heavy atom. The first-order valence-corrected chi connectivity index (χ1v) is 7.89. The van der Waals surface area contributed by atoms with Crippen molar-refractivity contribution >= 4 is 5.91 Å². The van der Waals surface area contributed by atoms with Gasteiger partial charge in [-0.2, -0.15) is 0 Å². The summed E-state index contributed by atoms with van der Waals surface area (Å²) in [7, 11) is 0. The highest BCUT2D eigenvalue weighted by atomic mass is 16.1. The number of rotatable bonds is 5. The summed E-state index contributed by atoms with van der Waals surface area (Å²) in [6.07, 6.45) is 11.8. The molecule has 0 unspecified atom stereocenters. The summed E-state index contributed by atoms with van der Waals surface area (Å²) < 4.78 is 0. The molecular weight excluding hydrogens is 274 g/mol. The number of hydrogen-bond acceptors (Lipinski definition) is 2. The molecule has 0 saturated heterocycles. The molecule has 1 aromatic heterocycles. The third-order valence-electron chi connectivity index (χ3n) is 4.04. The molecule has 0 bridgehead atoms. The minimum Gasteiger partial charge on any atom is -0.352 e. The molecule has 1 amide bonds. The maximum absolute atomic E-state index is 12.1. The monoisotopic (exact) mass is 295 g/mol.